The van der Waals surface area contributed by atoms with E-state index in [2.05, 4.69) is 17.3 Å². The summed E-state index contributed by atoms with van der Waals surface area (Å²) in [6.07, 6.45) is 3.45. The number of nitrogens with zero attached hydrogens (tertiary/aromatic N) is 2. The fourth-order valence-electron chi connectivity index (χ4n) is 3.11. The monoisotopic (exact) mass is 347 g/mol. The summed E-state index contributed by atoms with van der Waals surface area (Å²) in [5, 5.41) is 2.73. The van der Waals surface area contributed by atoms with Crippen molar-refractivity contribution in [1.29, 1.82) is 0 Å². The minimum atomic E-state index is -0.415. The number of hydrogen-bond donors (Lipinski definition) is 1. The van der Waals surface area contributed by atoms with Crippen molar-refractivity contribution in [2.45, 2.75) is 25.3 Å². The van der Waals surface area contributed by atoms with Crippen molar-refractivity contribution in [3.63, 3.8) is 0 Å². The van der Waals surface area contributed by atoms with Crippen LogP contribution in [0.4, 0.5) is 10.5 Å². The molecule has 1 saturated heterocycles. The van der Waals surface area contributed by atoms with E-state index in [4.69, 9.17) is 4.74 Å². The smallest absolute Gasteiger partial charge is 0.410 e. The normalized spacial score (nSPS) is 15.0. The lowest BCUT2D eigenvalue weighted by molar-refractivity contribution is -0.110. The fraction of sp³-hybridized carbons (Fsp3) is 0.500. The molecule has 25 heavy (non-hydrogen) atoms. The number of anilines is 1. The molecule has 0 spiro atoms. The van der Waals surface area contributed by atoms with Gasteiger partial charge < -0.3 is 19.9 Å². The number of likely N-dealkylation sites (N-methyl/N-ethyl adjacent to an activating group) is 1. The van der Waals surface area contributed by atoms with E-state index in [1.165, 1.54) is 0 Å². The number of piperidine rings is 1. The molecule has 136 valence electrons. The molecule has 7 nitrogen and oxygen atoms in total. The van der Waals surface area contributed by atoms with Gasteiger partial charge in [-0.15, -0.1) is 0 Å². The highest BCUT2D eigenvalue weighted by Crippen LogP contribution is 2.19. The van der Waals surface area contributed by atoms with E-state index in [0.29, 0.717) is 31.8 Å². The van der Waals surface area contributed by atoms with Gasteiger partial charge >= 0.3 is 6.09 Å². The lowest BCUT2D eigenvalue weighted by atomic mass is 10.0. The Bertz CT molecular complexity index is 585. The summed E-state index contributed by atoms with van der Waals surface area (Å²) in [4.78, 5) is 36.6. The number of benzene rings is 1. The van der Waals surface area contributed by atoms with Gasteiger partial charge in [-0.3, -0.25) is 9.59 Å². The van der Waals surface area contributed by atoms with Gasteiger partial charge in [0.2, 0.25) is 6.41 Å². The summed E-state index contributed by atoms with van der Waals surface area (Å²) in [6, 6.07) is 8.19. The van der Waals surface area contributed by atoms with Gasteiger partial charge in [-0.25, -0.2) is 4.79 Å². The van der Waals surface area contributed by atoms with Crippen LogP contribution in [0, 0.1) is 0 Å². The minimum absolute atomic E-state index is 0.188. The van der Waals surface area contributed by atoms with Gasteiger partial charge in [0.15, 0.2) is 6.29 Å². The van der Waals surface area contributed by atoms with Crippen molar-refractivity contribution in [3.05, 3.63) is 29.8 Å². The first-order valence-electron chi connectivity index (χ1n) is 8.49. The van der Waals surface area contributed by atoms with Crippen molar-refractivity contribution in [2.24, 2.45) is 0 Å². The number of amides is 2. The highest BCUT2D eigenvalue weighted by atomic mass is 16.6. The van der Waals surface area contributed by atoms with Crippen LogP contribution in [0.3, 0.4) is 0 Å². The molecule has 7 heteroatoms. The largest absolute Gasteiger partial charge is 0.442 e. The van der Waals surface area contributed by atoms with Crippen molar-refractivity contribution >= 4 is 24.5 Å². The highest BCUT2D eigenvalue weighted by Gasteiger charge is 2.25. The molecule has 0 unspecified atom stereocenters. The van der Waals surface area contributed by atoms with E-state index in [-0.39, 0.29) is 6.61 Å². The zero-order valence-electron chi connectivity index (χ0n) is 14.5. The van der Waals surface area contributed by atoms with Crippen molar-refractivity contribution in [3.8, 4) is 0 Å². The second-order valence-corrected chi connectivity index (χ2v) is 6.11. The minimum Gasteiger partial charge on any atom is -0.442 e. The maximum atomic E-state index is 11.7. The molecule has 2 rings (SSSR count). The Kier molecular flexibility index (Phi) is 7.40. The summed E-state index contributed by atoms with van der Waals surface area (Å²) in [6.45, 7) is 1.96. The average Bonchev–Trinajstić information content (AvgIpc) is 2.65. The summed E-state index contributed by atoms with van der Waals surface area (Å²) >= 11 is 0. The van der Waals surface area contributed by atoms with Crippen molar-refractivity contribution in [2.75, 3.05) is 38.6 Å². The molecule has 0 bridgehead atoms. The molecule has 1 fully saturated rings. The van der Waals surface area contributed by atoms with E-state index < -0.39 is 6.09 Å². The average molecular weight is 347 g/mol. The molecule has 1 N–H and O–H groups in total. The van der Waals surface area contributed by atoms with Crippen LogP contribution in [0.15, 0.2) is 24.3 Å². The van der Waals surface area contributed by atoms with E-state index in [9.17, 15) is 14.4 Å². The number of likely N-dealkylation sites (tertiary alicyclic amines) is 1. The maximum Gasteiger partial charge on any atom is 0.410 e. The maximum absolute atomic E-state index is 11.7. The standard InChI is InChI=1S/C18H25N3O4/c1-20(9-6-15-4-2-3-5-17(15)19-14-23)16-7-10-21(11-8-16)18(24)25-13-12-22/h2-5,12,14,16H,6-11,13H2,1H3,(H,19,23). The van der Waals surface area contributed by atoms with Crippen LogP contribution in [-0.2, 0) is 20.7 Å². The molecule has 1 aliphatic rings. The van der Waals surface area contributed by atoms with Crippen LogP contribution in [0.2, 0.25) is 0 Å². The molecule has 0 saturated carbocycles. The van der Waals surface area contributed by atoms with Crippen molar-refractivity contribution < 1.29 is 19.1 Å². The highest BCUT2D eigenvalue weighted by molar-refractivity contribution is 5.73. The molecule has 1 heterocycles. The third-order valence-electron chi connectivity index (χ3n) is 4.59. The fourth-order valence-corrected chi connectivity index (χ4v) is 3.11. The number of para-hydroxylation sites is 1. The van der Waals surface area contributed by atoms with Gasteiger partial charge in [0.25, 0.3) is 0 Å². The first-order chi connectivity index (χ1) is 12.2. The first-order valence-corrected chi connectivity index (χ1v) is 8.49. The number of hydrogen-bond acceptors (Lipinski definition) is 5. The lowest BCUT2D eigenvalue weighted by Gasteiger charge is -2.36. The molecule has 0 aromatic heterocycles. The number of ether oxygens (including phenoxy) is 1. The Morgan fingerprint density at radius 1 is 1.32 bits per heavy atom. The summed E-state index contributed by atoms with van der Waals surface area (Å²) in [5.74, 6) is 0. The van der Waals surface area contributed by atoms with Gasteiger partial charge in [0.1, 0.15) is 6.61 Å². The van der Waals surface area contributed by atoms with Gasteiger partial charge in [0.05, 0.1) is 0 Å². The molecule has 1 aromatic carbocycles. The van der Waals surface area contributed by atoms with E-state index in [1.807, 2.05) is 24.3 Å². The first kappa shape index (κ1) is 18.9. The van der Waals surface area contributed by atoms with Crippen molar-refractivity contribution in [1.82, 2.24) is 9.80 Å². The molecular weight excluding hydrogens is 322 g/mol. The molecule has 0 aliphatic carbocycles. The van der Waals surface area contributed by atoms with E-state index in [1.54, 1.807) is 4.90 Å². The van der Waals surface area contributed by atoms with Crippen LogP contribution in [0.25, 0.3) is 0 Å². The van der Waals surface area contributed by atoms with Crippen LogP contribution in [0.1, 0.15) is 18.4 Å². The van der Waals surface area contributed by atoms with E-state index in [0.717, 1.165) is 37.1 Å². The molecule has 0 radical (unpaired) electrons. The Hall–Kier alpha value is -2.41. The summed E-state index contributed by atoms with van der Waals surface area (Å²) < 4.78 is 4.84. The molecule has 2 amide bonds. The van der Waals surface area contributed by atoms with Crippen LogP contribution in [-0.4, -0.2) is 67.9 Å². The summed E-state index contributed by atoms with van der Waals surface area (Å²) in [7, 11) is 2.08. The third-order valence-corrected chi connectivity index (χ3v) is 4.59. The number of rotatable bonds is 8. The molecule has 1 aromatic rings. The SMILES string of the molecule is CN(CCc1ccccc1NC=O)C1CCN(C(=O)OCC=O)CC1. The number of carbonyl (C=O) groups is 3. The Morgan fingerprint density at radius 3 is 2.72 bits per heavy atom. The lowest BCUT2D eigenvalue weighted by Crippen LogP contribution is -2.46. The second-order valence-electron chi connectivity index (χ2n) is 6.11. The third kappa shape index (κ3) is 5.56. The Morgan fingerprint density at radius 2 is 2.04 bits per heavy atom. The number of carbonyl (C=O) groups excluding carboxylic acids is 3. The molecule has 1 aliphatic heterocycles. The Balaban J connectivity index is 1.79. The van der Waals surface area contributed by atoms with Crippen LogP contribution < -0.4 is 5.32 Å². The van der Waals surface area contributed by atoms with Crippen LogP contribution in [0.5, 0.6) is 0 Å². The zero-order valence-corrected chi connectivity index (χ0v) is 14.5. The Labute approximate surface area is 147 Å². The van der Waals surface area contributed by atoms with Gasteiger partial charge in [-0.2, -0.15) is 0 Å². The number of nitrogens with one attached hydrogen (secondary N) is 1. The van der Waals surface area contributed by atoms with Gasteiger partial charge in [-0.1, -0.05) is 18.2 Å². The zero-order chi connectivity index (χ0) is 18.1. The quantitative estimate of drug-likeness (QED) is 0.722. The van der Waals surface area contributed by atoms with Gasteiger partial charge in [-0.05, 0) is 37.9 Å². The molecular formula is C18H25N3O4. The molecule has 0 atom stereocenters. The van der Waals surface area contributed by atoms with Gasteiger partial charge in [0, 0.05) is 31.4 Å². The topological polar surface area (TPSA) is 79.0 Å². The predicted molar refractivity (Wildman–Crippen MR) is 94.5 cm³/mol. The summed E-state index contributed by atoms with van der Waals surface area (Å²) in [5.41, 5.74) is 1.95. The number of aldehydes is 1. The van der Waals surface area contributed by atoms with E-state index >= 15 is 0 Å². The second kappa shape index (κ2) is 9.78. The van der Waals surface area contributed by atoms with Crippen LogP contribution >= 0.6 is 0 Å². The predicted octanol–water partition coefficient (Wildman–Crippen LogP) is 1.53.